The second kappa shape index (κ2) is 9.77. The molecule has 4 rings (SSSR count). The van der Waals surface area contributed by atoms with Gasteiger partial charge < -0.3 is 5.32 Å². The quantitative estimate of drug-likeness (QED) is 0.400. The van der Waals surface area contributed by atoms with Crippen LogP contribution in [0.4, 0.5) is 24.5 Å². The van der Waals surface area contributed by atoms with Gasteiger partial charge in [0.05, 0.1) is 16.1 Å². The summed E-state index contributed by atoms with van der Waals surface area (Å²) >= 11 is 0. The molecule has 36 heavy (non-hydrogen) atoms. The number of para-hydroxylation sites is 1. The first-order chi connectivity index (χ1) is 17.0. The van der Waals surface area contributed by atoms with E-state index < -0.39 is 34.2 Å². The Balaban J connectivity index is 1.46. The number of rotatable bonds is 7. The minimum Gasteiger partial charge on any atom is -0.324 e. The number of aromatic nitrogens is 4. The first-order valence-electron chi connectivity index (χ1n) is 10.4. The van der Waals surface area contributed by atoms with Crippen LogP contribution in [-0.2, 0) is 27.5 Å². The lowest BCUT2D eigenvalue weighted by molar-refractivity contribution is -0.137. The molecular weight excluding hydrogens is 497 g/mol. The molecule has 0 aliphatic rings. The molecule has 186 valence electrons. The van der Waals surface area contributed by atoms with Gasteiger partial charge in [-0.25, -0.2) is 8.42 Å². The average molecular weight is 517 g/mol. The maximum Gasteiger partial charge on any atom is 0.416 e. The van der Waals surface area contributed by atoms with E-state index in [1.807, 2.05) is 0 Å². The highest BCUT2D eigenvalue weighted by atomic mass is 32.2. The molecular formula is C23H19F3N6O3S. The van der Waals surface area contributed by atoms with Crippen LogP contribution in [0.15, 0.2) is 83.8 Å². The second-order valence-electron chi connectivity index (χ2n) is 7.61. The van der Waals surface area contributed by atoms with Crippen molar-refractivity contribution in [2.75, 3.05) is 16.7 Å². The molecule has 0 saturated carbocycles. The van der Waals surface area contributed by atoms with Gasteiger partial charge in [-0.05, 0) is 47.7 Å². The number of anilines is 2. The van der Waals surface area contributed by atoms with Crippen molar-refractivity contribution < 1.29 is 26.4 Å². The van der Waals surface area contributed by atoms with E-state index in [4.69, 9.17) is 0 Å². The summed E-state index contributed by atoms with van der Waals surface area (Å²) in [4.78, 5) is 13.4. The molecule has 0 bridgehead atoms. The van der Waals surface area contributed by atoms with Crippen molar-refractivity contribution in [3.05, 3.63) is 84.4 Å². The predicted octanol–water partition coefficient (Wildman–Crippen LogP) is 3.82. The zero-order chi connectivity index (χ0) is 25.9. The summed E-state index contributed by atoms with van der Waals surface area (Å²) in [5, 5.41) is 13.9. The summed E-state index contributed by atoms with van der Waals surface area (Å²) in [6.45, 7) is -0.396. The van der Waals surface area contributed by atoms with Gasteiger partial charge in [-0.1, -0.05) is 36.4 Å². The van der Waals surface area contributed by atoms with Crippen LogP contribution in [0.25, 0.3) is 11.4 Å². The summed E-state index contributed by atoms with van der Waals surface area (Å²) in [5.41, 5.74) is -0.0692. The molecule has 0 saturated heterocycles. The number of alkyl halides is 3. The Morgan fingerprint density at radius 2 is 1.72 bits per heavy atom. The van der Waals surface area contributed by atoms with Crippen molar-refractivity contribution in [3.63, 3.8) is 0 Å². The summed E-state index contributed by atoms with van der Waals surface area (Å²) < 4.78 is 66.0. The monoisotopic (exact) mass is 516 g/mol. The van der Waals surface area contributed by atoms with Gasteiger partial charge in [0.15, 0.2) is 0 Å². The lowest BCUT2D eigenvalue weighted by Gasteiger charge is -2.19. The van der Waals surface area contributed by atoms with Crippen LogP contribution in [0.5, 0.6) is 0 Å². The molecule has 0 aliphatic carbocycles. The molecule has 0 aliphatic heterocycles. The molecule has 4 aromatic rings. The fourth-order valence-electron chi connectivity index (χ4n) is 3.26. The zero-order valence-corrected chi connectivity index (χ0v) is 19.5. The number of nitrogens with zero attached hydrogens (tertiary/aromatic N) is 5. The van der Waals surface area contributed by atoms with Crippen LogP contribution in [0, 0.1) is 0 Å². The van der Waals surface area contributed by atoms with E-state index in [9.17, 15) is 26.4 Å². The van der Waals surface area contributed by atoms with Crippen molar-refractivity contribution in [3.8, 4) is 11.4 Å². The molecule has 13 heteroatoms. The highest BCUT2D eigenvalue weighted by Crippen LogP contribution is 2.31. The zero-order valence-electron chi connectivity index (χ0n) is 18.7. The molecule has 0 fully saturated rings. The summed E-state index contributed by atoms with van der Waals surface area (Å²) in [6, 6.07) is 18.7. The molecule has 1 N–H and O–H groups in total. The number of nitrogens with one attached hydrogen (secondary N) is 1. The van der Waals surface area contributed by atoms with Crippen molar-refractivity contribution in [2.45, 2.75) is 17.6 Å². The van der Waals surface area contributed by atoms with Crippen LogP contribution >= 0.6 is 0 Å². The molecule has 9 nitrogen and oxygen atoms in total. The van der Waals surface area contributed by atoms with Gasteiger partial charge in [0.1, 0.15) is 6.54 Å². The van der Waals surface area contributed by atoms with Crippen molar-refractivity contribution in [1.29, 1.82) is 0 Å². The van der Waals surface area contributed by atoms with Crippen LogP contribution in [-0.4, -0.2) is 41.6 Å². The highest BCUT2D eigenvalue weighted by molar-refractivity contribution is 7.92. The van der Waals surface area contributed by atoms with E-state index >= 15 is 0 Å². The van der Waals surface area contributed by atoms with E-state index in [0.717, 1.165) is 21.2 Å². The van der Waals surface area contributed by atoms with Gasteiger partial charge in [-0.15, -0.1) is 10.2 Å². The Labute approximate surface area is 204 Å². The smallest absolute Gasteiger partial charge is 0.324 e. The van der Waals surface area contributed by atoms with E-state index in [2.05, 4.69) is 20.7 Å². The first-order valence-corrected chi connectivity index (χ1v) is 11.9. The molecule has 0 atom stereocenters. The SMILES string of the molecule is CN(c1ccccc1)S(=O)(=O)c1cccc(NC(=O)Cn2nnc(-c3cccc(C(F)(F)F)c3)n2)c1. The molecule has 0 radical (unpaired) electrons. The molecule has 0 unspecified atom stereocenters. The minimum absolute atomic E-state index is 0.0302. The summed E-state index contributed by atoms with van der Waals surface area (Å²) in [6.07, 6.45) is -4.52. The Bertz CT molecular complexity index is 1490. The Morgan fingerprint density at radius 3 is 2.44 bits per heavy atom. The van der Waals surface area contributed by atoms with Gasteiger partial charge in [0.25, 0.3) is 10.0 Å². The highest BCUT2D eigenvalue weighted by Gasteiger charge is 2.30. The number of tetrazole rings is 1. The topological polar surface area (TPSA) is 110 Å². The molecule has 1 heterocycles. The maximum absolute atomic E-state index is 13.0. The Kier molecular flexibility index (Phi) is 6.75. The number of carbonyl (C=O) groups excluding carboxylic acids is 1. The number of hydrogen-bond donors (Lipinski definition) is 1. The van der Waals surface area contributed by atoms with Crippen molar-refractivity contribution in [1.82, 2.24) is 20.2 Å². The minimum atomic E-state index is -4.52. The van der Waals surface area contributed by atoms with Crippen molar-refractivity contribution >= 4 is 27.3 Å². The van der Waals surface area contributed by atoms with E-state index in [1.165, 1.54) is 43.4 Å². The third kappa shape index (κ3) is 5.51. The number of carbonyl (C=O) groups is 1. The number of amides is 1. The van der Waals surface area contributed by atoms with Gasteiger partial charge in [0.2, 0.25) is 11.7 Å². The fraction of sp³-hybridized carbons (Fsp3) is 0.130. The first kappa shape index (κ1) is 24.9. The molecule has 1 amide bonds. The van der Waals surface area contributed by atoms with E-state index in [1.54, 1.807) is 30.3 Å². The van der Waals surface area contributed by atoms with Crippen LogP contribution in [0.2, 0.25) is 0 Å². The average Bonchev–Trinajstić information content (AvgIpc) is 3.32. The molecule has 3 aromatic carbocycles. The largest absolute Gasteiger partial charge is 0.416 e. The lowest BCUT2D eigenvalue weighted by Crippen LogP contribution is -2.26. The third-order valence-electron chi connectivity index (χ3n) is 5.08. The Morgan fingerprint density at radius 1 is 1.00 bits per heavy atom. The third-order valence-corrected chi connectivity index (χ3v) is 6.86. The molecule has 1 aromatic heterocycles. The summed E-state index contributed by atoms with van der Waals surface area (Å²) in [7, 11) is -2.46. The van der Waals surface area contributed by atoms with E-state index in [-0.39, 0.29) is 22.0 Å². The van der Waals surface area contributed by atoms with Crippen LogP contribution in [0.3, 0.4) is 0 Å². The summed E-state index contributed by atoms with van der Waals surface area (Å²) in [5.74, 6) is -0.667. The number of halogens is 3. The number of benzene rings is 3. The number of sulfonamides is 1. The van der Waals surface area contributed by atoms with Crippen molar-refractivity contribution in [2.24, 2.45) is 0 Å². The maximum atomic E-state index is 13.0. The van der Waals surface area contributed by atoms with Crippen LogP contribution < -0.4 is 9.62 Å². The molecule has 0 spiro atoms. The van der Waals surface area contributed by atoms with Gasteiger partial charge in [0, 0.05) is 18.3 Å². The second-order valence-corrected chi connectivity index (χ2v) is 9.58. The standard InChI is InChI=1S/C23H19F3N6O3S/c1-31(19-10-3-2-4-11-19)36(34,35)20-12-6-9-18(14-20)27-21(33)15-32-29-22(28-30-32)16-7-5-8-17(13-16)23(24,25)26/h2-14H,15H2,1H3,(H,27,33). The Hall–Kier alpha value is -4.26. The predicted molar refractivity (Wildman–Crippen MR) is 125 cm³/mol. The van der Waals surface area contributed by atoms with Gasteiger partial charge >= 0.3 is 6.18 Å². The van der Waals surface area contributed by atoms with Gasteiger partial charge in [-0.3, -0.25) is 9.10 Å². The van der Waals surface area contributed by atoms with Gasteiger partial charge in [-0.2, -0.15) is 18.0 Å². The lowest BCUT2D eigenvalue weighted by atomic mass is 10.1. The van der Waals surface area contributed by atoms with E-state index in [0.29, 0.717) is 5.69 Å². The van der Waals surface area contributed by atoms with Crippen LogP contribution in [0.1, 0.15) is 5.56 Å². The normalized spacial score (nSPS) is 11.8. The fourth-order valence-corrected chi connectivity index (χ4v) is 4.50. The number of hydrogen-bond acceptors (Lipinski definition) is 6.